The van der Waals surface area contributed by atoms with Gasteiger partial charge in [0.15, 0.2) is 0 Å². The first kappa shape index (κ1) is 12.6. The molecular formula is C15H15N3O2. The van der Waals surface area contributed by atoms with Gasteiger partial charge in [-0.25, -0.2) is 14.8 Å². The van der Waals surface area contributed by atoms with E-state index in [1.54, 1.807) is 12.3 Å². The molecule has 1 saturated carbocycles. The number of esters is 1. The molecule has 1 heterocycles. The fraction of sp³-hybridized carbons (Fsp3) is 0.267. The van der Waals surface area contributed by atoms with Crippen LogP contribution in [0.4, 0.5) is 5.82 Å². The van der Waals surface area contributed by atoms with Gasteiger partial charge in [0, 0.05) is 18.2 Å². The molecule has 1 aromatic heterocycles. The van der Waals surface area contributed by atoms with Crippen LogP contribution in [0.25, 0.3) is 0 Å². The Morgan fingerprint density at radius 2 is 2.10 bits per heavy atom. The molecule has 0 radical (unpaired) electrons. The van der Waals surface area contributed by atoms with E-state index in [0.717, 1.165) is 6.42 Å². The first-order valence-corrected chi connectivity index (χ1v) is 6.51. The number of carbonyl (C=O) groups is 1. The van der Waals surface area contributed by atoms with Gasteiger partial charge in [0.25, 0.3) is 0 Å². The lowest BCUT2D eigenvalue weighted by atomic mass is 10.1. The maximum absolute atomic E-state index is 11.4. The molecule has 1 aliphatic carbocycles. The Bertz CT molecular complexity index is 616. The van der Waals surface area contributed by atoms with Crippen molar-refractivity contribution in [1.82, 2.24) is 9.97 Å². The van der Waals surface area contributed by atoms with E-state index in [2.05, 4.69) is 32.2 Å². The van der Waals surface area contributed by atoms with E-state index in [9.17, 15) is 4.79 Å². The van der Waals surface area contributed by atoms with Crippen LogP contribution in [0.15, 0.2) is 42.6 Å². The highest BCUT2D eigenvalue weighted by Gasteiger charge is 2.38. The van der Waals surface area contributed by atoms with Crippen LogP contribution in [0.2, 0.25) is 0 Å². The first-order chi connectivity index (χ1) is 9.78. The minimum atomic E-state index is -0.524. The number of hydrogen-bond donors (Lipinski definition) is 1. The molecule has 0 bridgehead atoms. The van der Waals surface area contributed by atoms with E-state index < -0.39 is 5.97 Å². The van der Waals surface area contributed by atoms with Gasteiger partial charge < -0.3 is 10.1 Å². The molecule has 0 saturated heterocycles. The molecule has 5 heteroatoms. The summed E-state index contributed by atoms with van der Waals surface area (Å²) >= 11 is 0. The normalized spacial score (nSPS) is 20.2. The summed E-state index contributed by atoms with van der Waals surface area (Å²) in [4.78, 5) is 19.4. The molecule has 1 aromatic carbocycles. The van der Waals surface area contributed by atoms with E-state index in [1.165, 1.54) is 12.7 Å². The van der Waals surface area contributed by atoms with Crippen LogP contribution in [0.3, 0.4) is 0 Å². The number of carbonyl (C=O) groups excluding carboxylic acids is 1. The highest BCUT2D eigenvalue weighted by atomic mass is 16.5. The molecule has 0 amide bonds. The third-order valence-corrected chi connectivity index (χ3v) is 3.37. The summed E-state index contributed by atoms with van der Waals surface area (Å²) in [5.74, 6) is 0.718. The number of benzene rings is 1. The fourth-order valence-corrected chi connectivity index (χ4v) is 2.24. The molecule has 20 heavy (non-hydrogen) atoms. The standard InChI is InChI=1S/C15H15N3O2/c1-20-15(19)14-16-8-7-13(18-14)17-12-9-11(12)10-5-3-2-4-6-10/h2-8,11-12H,9H2,1H3,(H,16,17,18). The molecule has 0 spiro atoms. The number of methoxy groups -OCH3 is 1. The van der Waals surface area contributed by atoms with Crippen molar-refractivity contribution in [2.24, 2.45) is 0 Å². The van der Waals surface area contributed by atoms with Crippen LogP contribution in [0.1, 0.15) is 28.5 Å². The summed E-state index contributed by atoms with van der Waals surface area (Å²) in [6.07, 6.45) is 2.63. The van der Waals surface area contributed by atoms with Crippen LogP contribution in [0.5, 0.6) is 0 Å². The van der Waals surface area contributed by atoms with Gasteiger partial charge in [-0.05, 0) is 18.1 Å². The predicted octanol–water partition coefficient (Wildman–Crippen LogP) is 2.23. The molecule has 3 rings (SSSR count). The Balaban J connectivity index is 1.67. The smallest absolute Gasteiger partial charge is 0.376 e. The van der Waals surface area contributed by atoms with E-state index in [-0.39, 0.29) is 5.82 Å². The van der Waals surface area contributed by atoms with Gasteiger partial charge >= 0.3 is 5.97 Å². The van der Waals surface area contributed by atoms with Crippen molar-refractivity contribution < 1.29 is 9.53 Å². The second kappa shape index (κ2) is 5.28. The van der Waals surface area contributed by atoms with Crippen molar-refractivity contribution in [1.29, 1.82) is 0 Å². The highest BCUT2D eigenvalue weighted by Crippen LogP contribution is 2.42. The third-order valence-electron chi connectivity index (χ3n) is 3.37. The molecule has 1 N–H and O–H groups in total. The van der Waals surface area contributed by atoms with Gasteiger partial charge in [-0.15, -0.1) is 0 Å². The van der Waals surface area contributed by atoms with Gasteiger partial charge in [0.05, 0.1) is 7.11 Å². The number of nitrogens with one attached hydrogen (secondary N) is 1. The number of rotatable bonds is 4. The molecule has 1 aliphatic rings. The summed E-state index contributed by atoms with van der Waals surface area (Å²) in [5.41, 5.74) is 1.33. The Morgan fingerprint density at radius 3 is 2.85 bits per heavy atom. The Labute approximate surface area is 117 Å². The molecule has 0 aliphatic heterocycles. The van der Waals surface area contributed by atoms with Crippen molar-refractivity contribution in [3.05, 3.63) is 54.0 Å². The molecule has 2 aromatic rings. The zero-order valence-electron chi connectivity index (χ0n) is 11.1. The monoisotopic (exact) mass is 269 g/mol. The average Bonchev–Trinajstić information content (AvgIpc) is 3.27. The zero-order chi connectivity index (χ0) is 13.9. The average molecular weight is 269 g/mol. The first-order valence-electron chi connectivity index (χ1n) is 6.51. The topological polar surface area (TPSA) is 64.1 Å². The summed E-state index contributed by atoms with van der Waals surface area (Å²) in [6, 6.07) is 12.5. The number of aromatic nitrogens is 2. The maximum atomic E-state index is 11.4. The third kappa shape index (κ3) is 2.61. The quantitative estimate of drug-likeness (QED) is 0.862. The molecule has 1 fully saturated rings. The number of hydrogen-bond acceptors (Lipinski definition) is 5. The SMILES string of the molecule is COC(=O)c1nccc(NC2CC2c2ccccc2)n1. The van der Waals surface area contributed by atoms with E-state index >= 15 is 0 Å². The van der Waals surface area contributed by atoms with Crippen molar-refractivity contribution >= 4 is 11.8 Å². The minimum Gasteiger partial charge on any atom is -0.463 e. The molecule has 2 atom stereocenters. The molecule has 102 valence electrons. The van der Waals surface area contributed by atoms with E-state index in [1.807, 2.05) is 18.2 Å². The molecule has 2 unspecified atom stereocenters. The number of anilines is 1. The summed E-state index contributed by atoms with van der Waals surface area (Å²) in [6.45, 7) is 0. The Morgan fingerprint density at radius 1 is 1.30 bits per heavy atom. The lowest BCUT2D eigenvalue weighted by Crippen LogP contribution is -2.11. The summed E-state index contributed by atoms with van der Waals surface area (Å²) < 4.78 is 4.61. The fourth-order valence-electron chi connectivity index (χ4n) is 2.24. The second-order valence-electron chi connectivity index (χ2n) is 4.76. The van der Waals surface area contributed by atoms with Crippen LogP contribution < -0.4 is 5.32 Å². The minimum absolute atomic E-state index is 0.0782. The second-order valence-corrected chi connectivity index (χ2v) is 4.76. The van der Waals surface area contributed by atoms with Gasteiger partial charge in [-0.1, -0.05) is 30.3 Å². The Kier molecular flexibility index (Phi) is 3.33. The van der Waals surface area contributed by atoms with Crippen LogP contribution >= 0.6 is 0 Å². The van der Waals surface area contributed by atoms with Gasteiger partial charge in [0.1, 0.15) is 5.82 Å². The summed E-state index contributed by atoms with van der Waals surface area (Å²) in [7, 11) is 1.32. The van der Waals surface area contributed by atoms with Gasteiger partial charge in [-0.2, -0.15) is 0 Å². The van der Waals surface area contributed by atoms with Crippen LogP contribution in [-0.2, 0) is 4.74 Å². The maximum Gasteiger partial charge on any atom is 0.376 e. The van der Waals surface area contributed by atoms with Crippen molar-refractivity contribution in [2.75, 3.05) is 12.4 Å². The predicted molar refractivity (Wildman–Crippen MR) is 74.6 cm³/mol. The number of ether oxygens (including phenoxy) is 1. The molecular weight excluding hydrogens is 254 g/mol. The highest BCUT2D eigenvalue weighted by molar-refractivity contribution is 5.85. The number of nitrogens with zero attached hydrogens (tertiary/aromatic N) is 2. The van der Waals surface area contributed by atoms with Gasteiger partial charge in [-0.3, -0.25) is 0 Å². The zero-order valence-corrected chi connectivity index (χ0v) is 11.1. The summed E-state index contributed by atoms with van der Waals surface area (Å²) in [5, 5.41) is 3.32. The van der Waals surface area contributed by atoms with E-state index in [0.29, 0.717) is 17.8 Å². The van der Waals surface area contributed by atoms with Crippen LogP contribution in [-0.4, -0.2) is 29.1 Å². The van der Waals surface area contributed by atoms with Crippen LogP contribution in [0, 0.1) is 0 Å². The van der Waals surface area contributed by atoms with E-state index in [4.69, 9.17) is 0 Å². The largest absolute Gasteiger partial charge is 0.463 e. The van der Waals surface area contributed by atoms with Crippen molar-refractivity contribution in [2.45, 2.75) is 18.4 Å². The molecule has 5 nitrogen and oxygen atoms in total. The van der Waals surface area contributed by atoms with Crippen molar-refractivity contribution in [3.63, 3.8) is 0 Å². The van der Waals surface area contributed by atoms with Gasteiger partial charge in [0.2, 0.25) is 5.82 Å². The lowest BCUT2D eigenvalue weighted by Gasteiger charge is -2.06. The Hall–Kier alpha value is -2.43. The van der Waals surface area contributed by atoms with Crippen molar-refractivity contribution in [3.8, 4) is 0 Å². The lowest BCUT2D eigenvalue weighted by molar-refractivity contribution is 0.0587.